The van der Waals surface area contributed by atoms with E-state index in [2.05, 4.69) is 226 Å². The highest BCUT2D eigenvalue weighted by Gasteiger charge is 2.24. The van der Waals surface area contributed by atoms with Crippen LogP contribution in [0.15, 0.2) is 133 Å². The molecule has 8 rings (SSSR count). The largest absolute Gasteiger partial charge is 0.310 e. The van der Waals surface area contributed by atoms with E-state index < -0.39 is 0 Å². The van der Waals surface area contributed by atoms with Crippen LogP contribution in [0.1, 0.15) is 165 Å². The number of benzene rings is 8. The van der Waals surface area contributed by atoms with Crippen molar-refractivity contribution in [3.05, 3.63) is 178 Å². The van der Waals surface area contributed by atoms with Gasteiger partial charge in [-0.3, -0.25) is 0 Å². The summed E-state index contributed by atoms with van der Waals surface area (Å²) < 4.78 is 0. The van der Waals surface area contributed by atoms with Crippen molar-refractivity contribution in [2.24, 2.45) is 0 Å². The molecule has 0 amide bonds. The van der Waals surface area contributed by atoms with Crippen molar-refractivity contribution in [3.8, 4) is 0 Å². The standard InChI is InChI=1S/C58H62N2.3C2H6/c1-35(2)43-27-44(36(3)4)30-49(29-43)59(47-23-39(9)21-40(10)24-47)57-33-55-52-18-14-16-20-54(52)58(34-56(55)51-17-13-15-19-53(51)57)60(48-25-41(11)22-42(12)26-48)50-31-45(37(5)6)28-46(32-50)38(7)8;3*1-2/h13-38H,1-12H3;3*1-2H3. The smallest absolute Gasteiger partial charge is 0.0546 e. The van der Waals surface area contributed by atoms with Crippen molar-refractivity contribution in [1.29, 1.82) is 0 Å². The van der Waals surface area contributed by atoms with Crippen molar-refractivity contribution >= 4 is 66.4 Å². The first-order valence-corrected chi connectivity index (χ1v) is 25.1. The van der Waals surface area contributed by atoms with E-state index in [0.29, 0.717) is 23.7 Å². The summed E-state index contributed by atoms with van der Waals surface area (Å²) in [5.74, 6) is 1.60. The minimum Gasteiger partial charge on any atom is -0.310 e. The van der Waals surface area contributed by atoms with Crippen LogP contribution in [-0.2, 0) is 0 Å². The molecule has 0 aliphatic heterocycles. The summed E-state index contributed by atoms with van der Waals surface area (Å²) in [7, 11) is 0. The van der Waals surface area contributed by atoms with Crippen LogP contribution in [0.3, 0.4) is 0 Å². The Morgan fingerprint density at radius 1 is 0.273 bits per heavy atom. The van der Waals surface area contributed by atoms with Crippen LogP contribution in [0.2, 0.25) is 0 Å². The summed E-state index contributed by atoms with van der Waals surface area (Å²) in [6.07, 6.45) is 0. The van der Waals surface area contributed by atoms with Gasteiger partial charge in [0.15, 0.2) is 0 Å². The first-order chi connectivity index (χ1) is 31.7. The van der Waals surface area contributed by atoms with Crippen LogP contribution >= 0.6 is 0 Å². The zero-order valence-electron chi connectivity index (χ0n) is 43.9. The molecule has 0 aliphatic carbocycles. The molecule has 2 nitrogen and oxygen atoms in total. The summed E-state index contributed by atoms with van der Waals surface area (Å²) >= 11 is 0. The number of hydrogen-bond acceptors (Lipinski definition) is 2. The van der Waals surface area contributed by atoms with Crippen LogP contribution < -0.4 is 9.80 Å². The lowest BCUT2D eigenvalue weighted by Gasteiger charge is -2.31. The van der Waals surface area contributed by atoms with E-state index in [0.717, 1.165) is 0 Å². The molecule has 0 aromatic heterocycles. The second-order valence-electron chi connectivity index (χ2n) is 18.7. The predicted molar refractivity (Wildman–Crippen MR) is 298 cm³/mol. The lowest BCUT2D eigenvalue weighted by atomic mass is 9.91. The van der Waals surface area contributed by atoms with Gasteiger partial charge in [0.2, 0.25) is 0 Å². The third-order valence-electron chi connectivity index (χ3n) is 12.4. The summed E-state index contributed by atoms with van der Waals surface area (Å²) in [4.78, 5) is 5.07. The highest BCUT2D eigenvalue weighted by Crippen LogP contribution is 2.49. The number of anilines is 6. The number of rotatable bonds is 10. The molecule has 2 heteroatoms. The van der Waals surface area contributed by atoms with E-state index in [-0.39, 0.29) is 0 Å². The Labute approximate surface area is 400 Å². The normalized spacial score (nSPS) is 11.1. The van der Waals surface area contributed by atoms with Crippen molar-refractivity contribution < 1.29 is 0 Å². The fourth-order valence-electron chi connectivity index (χ4n) is 9.21. The molecule has 0 unspecified atom stereocenters. The Morgan fingerprint density at radius 3 is 0.773 bits per heavy atom. The van der Waals surface area contributed by atoms with Crippen molar-refractivity contribution in [3.63, 3.8) is 0 Å². The molecule has 8 aromatic rings. The van der Waals surface area contributed by atoms with Gasteiger partial charge in [-0.15, -0.1) is 0 Å². The highest BCUT2D eigenvalue weighted by atomic mass is 15.2. The van der Waals surface area contributed by atoms with Gasteiger partial charge in [-0.2, -0.15) is 0 Å². The average Bonchev–Trinajstić information content (AvgIpc) is 3.30. The molecule has 0 spiro atoms. The van der Waals surface area contributed by atoms with E-state index in [1.807, 2.05) is 41.5 Å². The molecule has 66 heavy (non-hydrogen) atoms. The van der Waals surface area contributed by atoms with Crippen LogP contribution in [0, 0.1) is 27.7 Å². The molecule has 0 atom stereocenters. The summed E-state index contributed by atoms with van der Waals surface area (Å²) in [5.41, 5.74) is 17.6. The Bertz CT molecular complexity index is 2600. The average molecular weight is 877 g/mol. The quantitative estimate of drug-likeness (QED) is 0.126. The van der Waals surface area contributed by atoms with E-state index in [1.165, 1.54) is 111 Å². The molecule has 346 valence electrons. The Hall–Kier alpha value is -5.86. The fraction of sp³-hybridized carbons (Fsp3) is 0.344. The van der Waals surface area contributed by atoms with Gasteiger partial charge in [-0.25, -0.2) is 0 Å². The van der Waals surface area contributed by atoms with Gasteiger partial charge >= 0.3 is 0 Å². The minimum atomic E-state index is 0.400. The van der Waals surface area contributed by atoms with Gasteiger partial charge in [0.25, 0.3) is 0 Å². The van der Waals surface area contributed by atoms with Crippen LogP contribution in [0.5, 0.6) is 0 Å². The van der Waals surface area contributed by atoms with Crippen LogP contribution in [-0.4, -0.2) is 0 Å². The maximum absolute atomic E-state index is 2.54. The molecule has 0 saturated carbocycles. The lowest BCUT2D eigenvalue weighted by molar-refractivity contribution is 0.833. The van der Waals surface area contributed by atoms with Gasteiger partial charge in [-0.05, 0) is 178 Å². The van der Waals surface area contributed by atoms with E-state index in [4.69, 9.17) is 0 Å². The zero-order chi connectivity index (χ0) is 48.6. The van der Waals surface area contributed by atoms with Crippen molar-refractivity contribution in [2.75, 3.05) is 9.80 Å². The third-order valence-corrected chi connectivity index (χ3v) is 12.4. The molecule has 0 heterocycles. The van der Waals surface area contributed by atoms with Gasteiger partial charge in [0.1, 0.15) is 0 Å². The SMILES string of the molecule is CC.CC.CC.Cc1cc(C)cc(N(c2cc(C(C)C)cc(C(C)C)c2)c2cc3c4ccccc4c(N(c4cc(C)cc(C)c4)c4cc(C(C)C)cc(C(C)C)c4)cc3c3ccccc23)c1. The second kappa shape index (κ2) is 22.6. The summed E-state index contributed by atoms with van der Waals surface area (Å²) in [5, 5.41) is 7.45. The van der Waals surface area contributed by atoms with Gasteiger partial charge < -0.3 is 9.80 Å². The van der Waals surface area contributed by atoms with Gasteiger partial charge in [0, 0.05) is 33.5 Å². The number of hydrogen-bond donors (Lipinski definition) is 0. The maximum Gasteiger partial charge on any atom is 0.0546 e. The highest BCUT2D eigenvalue weighted by molar-refractivity contribution is 6.24. The van der Waals surface area contributed by atoms with E-state index >= 15 is 0 Å². The third kappa shape index (κ3) is 10.9. The lowest BCUT2D eigenvalue weighted by Crippen LogP contribution is -2.13. The minimum absolute atomic E-state index is 0.400. The molecule has 0 bridgehead atoms. The molecular weight excluding hydrogens is 797 g/mol. The summed E-state index contributed by atoms with van der Waals surface area (Å²) in [6, 6.07) is 51.6. The number of nitrogens with zero attached hydrogens (tertiary/aromatic N) is 2. The molecule has 0 aliphatic rings. The van der Waals surface area contributed by atoms with E-state index in [9.17, 15) is 0 Å². The molecule has 0 fully saturated rings. The van der Waals surface area contributed by atoms with Crippen LogP contribution in [0.25, 0.3) is 32.3 Å². The first-order valence-electron chi connectivity index (χ1n) is 25.1. The molecule has 0 saturated heterocycles. The first kappa shape index (κ1) is 51.1. The fourth-order valence-corrected chi connectivity index (χ4v) is 9.21. The molecule has 8 aromatic carbocycles. The van der Waals surface area contributed by atoms with Crippen LogP contribution in [0.4, 0.5) is 34.1 Å². The monoisotopic (exact) mass is 877 g/mol. The Kier molecular flexibility index (Phi) is 17.5. The maximum atomic E-state index is 2.54. The molecular formula is C64H80N2. The topological polar surface area (TPSA) is 6.48 Å². The van der Waals surface area contributed by atoms with Crippen molar-refractivity contribution in [2.45, 2.75) is 148 Å². The number of fused-ring (bicyclic) bond motifs is 5. The van der Waals surface area contributed by atoms with Crippen molar-refractivity contribution in [1.82, 2.24) is 0 Å². The molecule has 0 radical (unpaired) electrons. The predicted octanol–water partition coefficient (Wildman–Crippen LogP) is 20.9. The molecule has 0 N–H and O–H groups in total. The number of aryl methyl sites for hydroxylation is 4. The van der Waals surface area contributed by atoms with Gasteiger partial charge in [-0.1, -0.05) is 170 Å². The Morgan fingerprint density at radius 2 is 0.515 bits per heavy atom. The summed E-state index contributed by atoms with van der Waals surface area (Å²) in [6.45, 7) is 39.3. The van der Waals surface area contributed by atoms with E-state index in [1.54, 1.807) is 0 Å². The zero-order valence-corrected chi connectivity index (χ0v) is 43.9. The van der Waals surface area contributed by atoms with Gasteiger partial charge in [0.05, 0.1) is 11.4 Å². The Balaban J connectivity index is 0.00000131. The second-order valence-corrected chi connectivity index (χ2v) is 18.7.